The van der Waals surface area contributed by atoms with Gasteiger partial charge in [0, 0.05) is 30.7 Å². The first kappa shape index (κ1) is 21.4. The van der Waals surface area contributed by atoms with E-state index in [1.807, 2.05) is 63.4 Å². The number of para-hydroxylation sites is 1. The summed E-state index contributed by atoms with van der Waals surface area (Å²) in [6.07, 6.45) is 0.367. The Morgan fingerprint density at radius 1 is 0.914 bits per heavy atom. The van der Waals surface area contributed by atoms with Gasteiger partial charge in [-0.3, -0.25) is 4.98 Å². The normalized spacial score (nSPS) is 14.7. The number of nitrogens with zero attached hydrogens (tertiary/aromatic N) is 2. The molecule has 0 saturated heterocycles. The predicted octanol–water partition coefficient (Wildman–Crippen LogP) is 8.22. The molecule has 0 saturated carbocycles. The van der Waals surface area contributed by atoms with E-state index in [0.29, 0.717) is 22.8 Å². The van der Waals surface area contributed by atoms with Gasteiger partial charge in [-0.1, -0.05) is 73.3 Å². The number of aromatic nitrogens is 2. The molecule has 0 aliphatic heterocycles. The molecule has 0 spiro atoms. The van der Waals surface area contributed by atoms with Crippen LogP contribution >= 0.6 is 0 Å². The van der Waals surface area contributed by atoms with Gasteiger partial charge in [-0.05, 0) is 46.8 Å². The number of hydrogen-bond acceptors (Lipinski definition) is 4. The van der Waals surface area contributed by atoms with E-state index >= 15 is 0 Å². The molecule has 4 nitrogen and oxygen atoms in total. The monoisotopic (exact) mass is 486 g/mol. The number of oxazole rings is 1. The third-order valence-electron chi connectivity index (χ3n) is 6.16. The topological polar surface area (TPSA) is 52.1 Å². The molecule has 5 rings (SSSR count). The maximum absolute atomic E-state index is 9.11. The van der Waals surface area contributed by atoms with Crippen LogP contribution in [0.5, 0.6) is 0 Å². The zero-order valence-corrected chi connectivity index (χ0v) is 23.3. The third-order valence-corrected chi connectivity index (χ3v) is 8.18. The molecule has 0 aliphatic rings. The molecule has 5 aromatic rings. The molecule has 0 amide bonds. The van der Waals surface area contributed by atoms with Crippen molar-refractivity contribution in [2.24, 2.45) is 5.41 Å². The van der Waals surface area contributed by atoms with E-state index in [0.717, 1.165) is 38.2 Å². The van der Waals surface area contributed by atoms with Crippen LogP contribution in [0.3, 0.4) is 0 Å². The molecule has 3 aromatic heterocycles. The van der Waals surface area contributed by atoms with Gasteiger partial charge in [0.25, 0.3) is 0 Å². The molecular weight excluding hydrogens is 448 g/mol. The van der Waals surface area contributed by atoms with E-state index in [1.54, 1.807) is 0 Å². The summed E-state index contributed by atoms with van der Waals surface area (Å²) >= 11 is 0. The Morgan fingerprint density at radius 2 is 1.63 bits per heavy atom. The summed E-state index contributed by atoms with van der Waals surface area (Å²) in [5, 5.41) is 3.00. The maximum Gasteiger partial charge on any atom is 0.200 e. The first-order valence-electron chi connectivity index (χ1n) is 13.3. The van der Waals surface area contributed by atoms with Crippen molar-refractivity contribution < 1.29 is 11.6 Å². The highest BCUT2D eigenvalue weighted by atomic mass is 28.3. The molecule has 0 N–H and O–H groups in total. The van der Waals surface area contributed by atoms with Gasteiger partial charge in [0.1, 0.15) is 5.58 Å². The highest BCUT2D eigenvalue weighted by molar-refractivity contribution is 6.89. The zero-order valence-electron chi connectivity index (χ0n) is 24.3. The van der Waals surface area contributed by atoms with Gasteiger partial charge >= 0.3 is 0 Å². The summed E-state index contributed by atoms with van der Waals surface area (Å²) in [4.78, 5) is 9.67. The molecule has 0 unspecified atom stereocenters. The molecule has 0 radical (unpaired) electrons. The Kier molecular flexibility index (Phi) is 4.76. The van der Waals surface area contributed by atoms with Gasteiger partial charge in [-0.15, -0.1) is 0 Å². The van der Waals surface area contributed by atoms with E-state index < -0.39 is 19.9 Å². The van der Waals surface area contributed by atoms with Crippen LogP contribution in [0.2, 0.25) is 19.6 Å². The van der Waals surface area contributed by atoms with Crippen molar-refractivity contribution in [1.29, 1.82) is 0 Å². The van der Waals surface area contributed by atoms with E-state index in [2.05, 4.69) is 40.4 Å². The summed E-state index contributed by atoms with van der Waals surface area (Å²) < 4.78 is 30.8. The van der Waals surface area contributed by atoms with Crippen molar-refractivity contribution in [3.63, 3.8) is 0 Å². The van der Waals surface area contributed by atoms with Crippen molar-refractivity contribution in [3.05, 3.63) is 54.0 Å². The zero-order chi connectivity index (χ0) is 27.1. The van der Waals surface area contributed by atoms with Crippen molar-refractivity contribution in [3.8, 4) is 11.3 Å². The highest BCUT2D eigenvalue weighted by Gasteiger charge is 2.26. The number of pyridine rings is 1. The van der Waals surface area contributed by atoms with E-state index in [1.165, 1.54) is 0 Å². The molecular formula is C30H36N2O2Si. The van der Waals surface area contributed by atoms with Gasteiger partial charge < -0.3 is 8.83 Å². The maximum atomic E-state index is 9.11. The van der Waals surface area contributed by atoms with Crippen LogP contribution in [0.4, 0.5) is 0 Å². The lowest BCUT2D eigenvalue weighted by Crippen LogP contribution is -2.41. The molecule has 182 valence electrons. The minimum absolute atomic E-state index is 0.215. The Labute approximate surface area is 211 Å². The summed E-state index contributed by atoms with van der Waals surface area (Å²) in [5.41, 5.74) is 4.33. The number of fused-ring (bicyclic) bond motifs is 5. The summed E-state index contributed by atoms with van der Waals surface area (Å²) in [5.74, 6) is 0.674. The first-order chi connectivity index (χ1) is 17.0. The van der Waals surface area contributed by atoms with E-state index in [9.17, 15) is 0 Å². The molecule has 3 heterocycles. The largest absolute Gasteiger partial charge is 0.453 e. The van der Waals surface area contributed by atoms with Crippen molar-refractivity contribution in [2.45, 2.75) is 73.0 Å². The molecule has 5 heteroatoms. The van der Waals surface area contributed by atoms with Gasteiger partial charge in [-0.2, -0.15) is 0 Å². The Morgan fingerprint density at radius 3 is 2.29 bits per heavy atom. The van der Waals surface area contributed by atoms with Gasteiger partial charge in [0.2, 0.25) is 5.89 Å². The molecule has 0 bridgehead atoms. The summed E-state index contributed by atoms with van der Waals surface area (Å²) in [6.45, 7) is 18.8. The Bertz CT molecular complexity index is 1660. The van der Waals surface area contributed by atoms with Gasteiger partial charge in [0.05, 0.1) is 13.8 Å². The fourth-order valence-corrected chi connectivity index (χ4v) is 5.87. The van der Waals surface area contributed by atoms with Crippen LogP contribution < -0.4 is 5.19 Å². The number of furan rings is 1. The Balaban J connectivity index is 1.78. The fourth-order valence-electron chi connectivity index (χ4n) is 4.48. The minimum atomic E-state index is -1.86. The smallest absolute Gasteiger partial charge is 0.200 e. The quantitative estimate of drug-likeness (QED) is 0.241. The molecule has 0 fully saturated rings. The van der Waals surface area contributed by atoms with Crippen molar-refractivity contribution in [2.75, 3.05) is 0 Å². The second kappa shape index (κ2) is 7.79. The average Bonchev–Trinajstić information content (AvgIpc) is 3.38. The summed E-state index contributed by atoms with van der Waals surface area (Å²) in [7, 11) is -1.86. The number of rotatable bonds is 3. The lowest BCUT2D eigenvalue weighted by molar-refractivity contribution is 0.411. The minimum Gasteiger partial charge on any atom is -0.453 e. The fraction of sp³-hybridized carbons (Fsp3) is 0.400. The summed E-state index contributed by atoms with van der Waals surface area (Å²) in [6, 6.07) is 12.0. The van der Waals surface area contributed by atoms with Gasteiger partial charge in [-0.25, -0.2) is 4.98 Å². The van der Waals surface area contributed by atoms with E-state index in [4.69, 9.17) is 21.5 Å². The third kappa shape index (κ3) is 4.31. The number of benzene rings is 2. The van der Waals surface area contributed by atoms with Crippen LogP contribution in [0.25, 0.3) is 44.3 Å². The lowest BCUT2D eigenvalue weighted by atomic mass is 9.88. The predicted molar refractivity (Wildman–Crippen MR) is 149 cm³/mol. The molecule has 35 heavy (non-hydrogen) atoms. The van der Waals surface area contributed by atoms with Crippen LogP contribution in [-0.2, 0) is 11.8 Å². The van der Waals surface area contributed by atoms with Crippen LogP contribution in [-0.4, -0.2) is 18.0 Å². The molecule has 0 atom stereocenters. The van der Waals surface area contributed by atoms with Crippen LogP contribution in [0, 0.1) is 5.41 Å². The second-order valence-corrected chi connectivity index (χ2v) is 17.6. The number of hydrogen-bond donors (Lipinski definition) is 0. The first-order valence-corrected chi connectivity index (χ1v) is 15.8. The van der Waals surface area contributed by atoms with Crippen molar-refractivity contribution >= 4 is 46.3 Å². The molecule has 2 aromatic carbocycles. The second-order valence-electron chi connectivity index (χ2n) is 12.6. The average molecular weight is 487 g/mol. The standard InChI is InChI=1S/C30H36N2O2Si/c1-29(2,3)16-18-15-22(31-17-24(18)35(7,8)9)21-12-10-11-19-20-13-14-23-25(27(20)34-26(19)21)32-28(33-23)30(4,5)6/h10-15,17H,16H2,1-9H3/i16D2. The molecule has 0 aliphatic carbocycles. The van der Waals surface area contributed by atoms with Gasteiger partial charge in [0.15, 0.2) is 16.7 Å². The SMILES string of the molecule is [2H]C([2H])(c1cc(-c2cccc3c2oc2c3ccc3oc(C(C)(C)C)nc32)ncc1[Si](C)(C)C)C(C)(C)C. The van der Waals surface area contributed by atoms with Crippen LogP contribution in [0.15, 0.2) is 51.4 Å². The lowest BCUT2D eigenvalue weighted by Gasteiger charge is -2.26. The van der Waals surface area contributed by atoms with E-state index in [-0.39, 0.29) is 5.41 Å². The highest BCUT2D eigenvalue weighted by Crippen LogP contribution is 2.39. The Hall–Kier alpha value is -2.92. The van der Waals surface area contributed by atoms with Crippen LogP contribution in [0.1, 0.15) is 55.7 Å². The van der Waals surface area contributed by atoms with Crippen molar-refractivity contribution in [1.82, 2.24) is 9.97 Å².